The summed E-state index contributed by atoms with van der Waals surface area (Å²) in [7, 11) is -11.7. The van der Waals surface area contributed by atoms with E-state index in [1.165, 1.54) is 0 Å². The molecule has 0 aliphatic rings. The van der Waals surface area contributed by atoms with Crippen molar-refractivity contribution in [3.63, 3.8) is 0 Å². The van der Waals surface area contributed by atoms with Gasteiger partial charge in [0.15, 0.2) is 5.75 Å². The first-order valence-electron chi connectivity index (χ1n) is 7.84. The zero-order valence-corrected chi connectivity index (χ0v) is 18.4. The first-order chi connectivity index (χ1) is 14.8. The molecule has 0 bridgehead atoms. The zero-order valence-electron chi connectivity index (χ0n) is 15.3. The van der Waals surface area contributed by atoms with Gasteiger partial charge in [-0.25, -0.2) is 13.2 Å². The van der Waals surface area contributed by atoms with E-state index < -0.39 is 57.7 Å². The Kier molecular flexibility index (Phi) is 7.38. The second-order valence-corrected chi connectivity index (χ2v) is 10.1. The van der Waals surface area contributed by atoms with Crippen molar-refractivity contribution in [1.29, 1.82) is 0 Å². The molecule has 0 aromatic heterocycles. The molecule has 0 saturated carbocycles. The lowest BCUT2D eigenvalue weighted by molar-refractivity contribution is -0.0500. The van der Waals surface area contributed by atoms with Crippen molar-refractivity contribution in [1.82, 2.24) is 0 Å². The van der Waals surface area contributed by atoms with Gasteiger partial charge in [-0.15, -0.1) is 0 Å². The van der Waals surface area contributed by atoms with Crippen molar-refractivity contribution in [3.05, 3.63) is 46.4 Å². The van der Waals surface area contributed by atoms with Crippen LogP contribution < -0.4 is 14.8 Å². The average Bonchev–Trinajstić information content (AvgIpc) is 2.63. The Hall–Kier alpha value is -2.43. The van der Waals surface area contributed by atoms with Crippen LogP contribution in [0.2, 0.25) is 10.0 Å². The van der Waals surface area contributed by atoms with Crippen LogP contribution >= 0.6 is 23.2 Å². The SMILES string of the molecule is O=C(Nc1ccc(S(=O)(=O)C(F)(F)F)cc1)Nc1cc(Cl)c(OS(=O)(=O)C(F)(F)F)c(Cl)c1. The van der Waals surface area contributed by atoms with Gasteiger partial charge in [-0.1, -0.05) is 23.2 Å². The first kappa shape index (κ1) is 26.8. The Bertz CT molecular complexity index is 1260. The topological polar surface area (TPSA) is 119 Å². The molecule has 0 spiro atoms. The fraction of sp³-hybridized carbons (Fsp3) is 0.133. The monoisotopic (exact) mass is 560 g/mol. The summed E-state index contributed by atoms with van der Waals surface area (Å²) in [5.41, 5.74) is -11.7. The quantitative estimate of drug-likeness (QED) is 0.296. The normalized spacial score (nSPS) is 12.8. The maximum atomic E-state index is 12.5. The van der Waals surface area contributed by atoms with Crippen molar-refractivity contribution in [2.75, 3.05) is 10.6 Å². The fourth-order valence-electron chi connectivity index (χ4n) is 2.01. The van der Waals surface area contributed by atoms with E-state index in [9.17, 15) is 48.0 Å². The minimum atomic E-state index is -6.08. The zero-order chi connectivity index (χ0) is 25.4. The predicted octanol–water partition coefficient (Wildman–Crippen LogP) is 5.16. The standard InChI is InChI=1S/C15H8Cl2F6N2O6S2/c16-10-5-8(6-11(17)12(10)31-33(29,30)15(21,22)23)25-13(26)24-7-1-3-9(4-2-7)32(27,28)14(18,19)20/h1-6H,(H2,24,25,26). The molecule has 8 nitrogen and oxygen atoms in total. The summed E-state index contributed by atoms with van der Waals surface area (Å²) in [4.78, 5) is 10.9. The molecule has 0 unspecified atom stereocenters. The van der Waals surface area contributed by atoms with E-state index in [1.807, 2.05) is 0 Å². The van der Waals surface area contributed by atoms with Gasteiger partial charge in [0.2, 0.25) is 0 Å². The van der Waals surface area contributed by atoms with Crippen molar-refractivity contribution < 1.29 is 52.2 Å². The Morgan fingerprint density at radius 1 is 0.788 bits per heavy atom. The third kappa shape index (κ3) is 6.13. The molecule has 2 aromatic carbocycles. The van der Waals surface area contributed by atoms with Crippen LogP contribution in [0.5, 0.6) is 5.75 Å². The molecule has 2 rings (SSSR count). The number of rotatable bonds is 5. The Labute approximate surface area is 191 Å². The van der Waals surface area contributed by atoms with Gasteiger partial charge in [0, 0.05) is 11.4 Å². The summed E-state index contributed by atoms with van der Waals surface area (Å²) in [5.74, 6) is -1.05. The van der Waals surface area contributed by atoms with Crippen molar-refractivity contribution in [3.8, 4) is 5.75 Å². The highest BCUT2D eigenvalue weighted by Crippen LogP contribution is 2.39. The molecule has 0 aliphatic heterocycles. The van der Waals surface area contributed by atoms with Gasteiger partial charge in [-0.3, -0.25) is 0 Å². The van der Waals surface area contributed by atoms with Gasteiger partial charge >= 0.3 is 27.2 Å². The summed E-state index contributed by atoms with van der Waals surface area (Å²) in [6, 6.07) is 3.46. The molecule has 0 heterocycles. The second kappa shape index (κ2) is 9.08. The number of amides is 2. The van der Waals surface area contributed by atoms with E-state index in [1.54, 1.807) is 0 Å². The lowest BCUT2D eigenvalue weighted by atomic mass is 10.3. The molecule has 182 valence electrons. The van der Waals surface area contributed by atoms with Crippen LogP contribution in [-0.4, -0.2) is 33.9 Å². The highest BCUT2D eigenvalue weighted by molar-refractivity contribution is 7.92. The molecule has 0 saturated heterocycles. The largest absolute Gasteiger partial charge is 0.534 e. The van der Waals surface area contributed by atoms with E-state index in [-0.39, 0.29) is 11.4 Å². The average molecular weight is 561 g/mol. The van der Waals surface area contributed by atoms with Gasteiger partial charge < -0.3 is 14.8 Å². The van der Waals surface area contributed by atoms with Gasteiger partial charge in [0.05, 0.1) is 14.9 Å². The Morgan fingerprint density at radius 3 is 1.67 bits per heavy atom. The van der Waals surface area contributed by atoms with Crippen LogP contribution in [0.1, 0.15) is 0 Å². The van der Waals surface area contributed by atoms with Crippen LogP contribution in [-0.2, 0) is 20.0 Å². The predicted molar refractivity (Wildman–Crippen MR) is 104 cm³/mol. The highest BCUT2D eigenvalue weighted by atomic mass is 35.5. The number of alkyl halides is 6. The van der Waals surface area contributed by atoms with Crippen molar-refractivity contribution in [2.24, 2.45) is 0 Å². The second-order valence-electron chi connectivity index (χ2n) is 5.80. The third-order valence-electron chi connectivity index (χ3n) is 3.46. The van der Waals surface area contributed by atoms with E-state index in [0.717, 1.165) is 24.3 Å². The van der Waals surface area contributed by atoms with Gasteiger partial charge in [-0.05, 0) is 36.4 Å². The van der Waals surface area contributed by atoms with E-state index in [4.69, 9.17) is 23.2 Å². The van der Waals surface area contributed by atoms with Crippen molar-refractivity contribution >= 4 is 60.6 Å². The third-order valence-corrected chi connectivity index (χ3v) is 6.48. The molecule has 2 amide bonds. The number of carbonyl (C=O) groups is 1. The molecule has 0 fully saturated rings. The molecule has 0 radical (unpaired) electrons. The molecule has 2 N–H and O–H groups in total. The van der Waals surface area contributed by atoms with Gasteiger partial charge in [0.1, 0.15) is 0 Å². The number of anilines is 2. The molecule has 2 aromatic rings. The number of carbonyl (C=O) groups excluding carboxylic acids is 1. The summed E-state index contributed by atoms with van der Waals surface area (Å²) < 4.78 is 124. The number of sulfone groups is 1. The number of hydrogen-bond acceptors (Lipinski definition) is 6. The molecule has 33 heavy (non-hydrogen) atoms. The maximum absolute atomic E-state index is 12.5. The van der Waals surface area contributed by atoms with Crippen molar-refractivity contribution in [2.45, 2.75) is 15.9 Å². The number of benzene rings is 2. The Morgan fingerprint density at radius 2 is 1.24 bits per heavy atom. The fourth-order valence-corrected chi connectivity index (χ4v) is 3.92. The maximum Gasteiger partial charge on any atom is 0.534 e. The lowest BCUT2D eigenvalue weighted by Crippen LogP contribution is -2.28. The minimum absolute atomic E-state index is 0.137. The summed E-state index contributed by atoms with van der Waals surface area (Å²) in [6.07, 6.45) is 0. The van der Waals surface area contributed by atoms with E-state index in [2.05, 4.69) is 14.8 Å². The highest BCUT2D eigenvalue weighted by Gasteiger charge is 2.49. The minimum Gasteiger partial charge on any atom is -0.373 e. The van der Waals surface area contributed by atoms with E-state index >= 15 is 0 Å². The smallest absolute Gasteiger partial charge is 0.373 e. The summed E-state index contributed by atoms with van der Waals surface area (Å²) in [6.45, 7) is 0. The number of nitrogens with one attached hydrogen (secondary N) is 2. The lowest BCUT2D eigenvalue weighted by Gasteiger charge is -2.14. The molecular formula is C15H8Cl2F6N2O6S2. The number of halogens is 8. The molecular weight excluding hydrogens is 553 g/mol. The Balaban J connectivity index is 2.15. The van der Waals surface area contributed by atoms with Crippen LogP contribution in [0.4, 0.5) is 42.5 Å². The van der Waals surface area contributed by atoms with Crippen LogP contribution in [0, 0.1) is 0 Å². The molecule has 0 aliphatic carbocycles. The van der Waals surface area contributed by atoms with E-state index in [0.29, 0.717) is 12.1 Å². The van der Waals surface area contributed by atoms with Crippen LogP contribution in [0.3, 0.4) is 0 Å². The number of urea groups is 1. The summed E-state index contributed by atoms with van der Waals surface area (Å²) in [5, 5.41) is 2.82. The summed E-state index contributed by atoms with van der Waals surface area (Å²) >= 11 is 11.3. The molecule has 18 heteroatoms. The molecule has 0 atom stereocenters. The van der Waals surface area contributed by atoms with Gasteiger partial charge in [-0.2, -0.15) is 34.8 Å². The number of hydrogen-bond donors (Lipinski definition) is 2. The van der Waals surface area contributed by atoms with Gasteiger partial charge in [0.25, 0.3) is 9.84 Å². The van der Waals surface area contributed by atoms with Crippen LogP contribution in [0.25, 0.3) is 0 Å². The van der Waals surface area contributed by atoms with Crippen LogP contribution in [0.15, 0.2) is 41.3 Å². The first-order valence-corrected chi connectivity index (χ1v) is 11.5.